The lowest BCUT2D eigenvalue weighted by Crippen LogP contribution is -2.33. The van der Waals surface area contributed by atoms with E-state index in [9.17, 15) is 14.3 Å². The van der Waals surface area contributed by atoms with E-state index in [2.05, 4.69) is 40.7 Å². The van der Waals surface area contributed by atoms with Crippen LogP contribution < -0.4 is 0 Å². The Labute approximate surface area is 196 Å². The molecule has 1 saturated heterocycles. The summed E-state index contributed by atoms with van der Waals surface area (Å²) >= 11 is 0. The molecule has 0 saturated carbocycles. The molecule has 2 atom stereocenters. The molecule has 1 unspecified atom stereocenters. The molecule has 3 heterocycles. The smallest absolute Gasteiger partial charge is 0.332 e. The maximum absolute atomic E-state index is 13.8. The molecular formula is C26H28FN3O4. The summed E-state index contributed by atoms with van der Waals surface area (Å²) in [5.41, 5.74) is 4.52. The number of ether oxygens (including phenoxy) is 2. The first-order valence-electron chi connectivity index (χ1n) is 11.4. The molecule has 34 heavy (non-hydrogen) atoms. The van der Waals surface area contributed by atoms with Gasteiger partial charge in [-0.1, -0.05) is 13.8 Å². The second kappa shape index (κ2) is 8.52. The van der Waals surface area contributed by atoms with Gasteiger partial charge in [-0.05, 0) is 54.8 Å². The molecule has 2 aromatic heterocycles. The number of aromatic amines is 1. The van der Waals surface area contributed by atoms with Gasteiger partial charge >= 0.3 is 5.97 Å². The van der Waals surface area contributed by atoms with Gasteiger partial charge in [0.05, 0.1) is 30.4 Å². The Hall–Kier alpha value is -3.23. The largest absolute Gasteiger partial charge is 0.479 e. The lowest BCUT2D eigenvalue weighted by Gasteiger charge is -2.32. The zero-order valence-electron chi connectivity index (χ0n) is 19.5. The Bertz CT molecular complexity index is 1350. The quantitative estimate of drug-likeness (QED) is 0.422. The third-order valence-corrected chi connectivity index (χ3v) is 6.76. The minimum Gasteiger partial charge on any atom is -0.479 e. The number of aromatic nitrogens is 3. The topological polar surface area (TPSA) is 89.4 Å². The Morgan fingerprint density at radius 3 is 2.71 bits per heavy atom. The molecule has 2 aromatic carbocycles. The van der Waals surface area contributed by atoms with E-state index in [1.165, 1.54) is 12.1 Å². The highest BCUT2D eigenvalue weighted by Gasteiger charge is 2.37. The van der Waals surface area contributed by atoms with Crippen LogP contribution in [0.3, 0.4) is 0 Å². The lowest BCUT2D eigenvalue weighted by atomic mass is 9.80. The van der Waals surface area contributed by atoms with Gasteiger partial charge < -0.3 is 19.1 Å². The number of hydrogen-bond acceptors (Lipinski definition) is 4. The Morgan fingerprint density at radius 1 is 1.29 bits per heavy atom. The van der Waals surface area contributed by atoms with Gasteiger partial charge in [-0.2, -0.15) is 5.10 Å². The average Bonchev–Trinajstić information content (AvgIpc) is 3.40. The number of carboxylic acids is 1. The summed E-state index contributed by atoms with van der Waals surface area (Å²) in [7, 11) is 1.68. The number of rotatable bonds is 6. The summed E-state index contributed by atoms with van der Waals surface area (Å²) in [5, 5.41) is 18.7. The van der Waals surface area contributed by atoms with Crippen molar-refractivity contribution in [3.05, 3.63) is 59.7 Å². The number of methoxy groups -OCH3 is 1. The molecule has 1 aliphatic heterocycles. The minimum absolute atomic E-state index is 0.00583. The number of H-pyrrole nitrogens is 1. The van der Waals surface area contributed by atoms with E-state index in [-0.39, 0.29) is 11.7 Å². The van der Waals surface area contributed by atoms with E-state index in [0.29, 0.717) is 26.1 Å². The fraction of sp³-hybridized carbons (Fsp3) is 0.385. The molecule has 7 nitrogen and oxygen atoms in total. The number of carbonyl (C=O) groups is 1. The minimum atomic E-state index is -0.925. The predicted octanol–water partition coefficient (Wildman–Crippen LogP) is 4.92. The van der Waals surface area contributed by atoms with Crippen molar-refractivity contribution < 1.29 is 23.8 Å². The highest BCUT2D eigenvalue weighted by molar-refractivity contribution is 5.99. The van der Waals surface area contributed by atoms with Crippen LogP contribution in [0.25, 0.3) is 27.5 Å². The standard InChI is InChI=1S/C26H28FN3O4/c1-26(2,14-33-3)24-23(15-4-9-22(25(31)32)34-13-15)19-11-20-16(12-28-29-20)10-21(19)30(24)18-7-5-17(27)6-8-18/h5-8,10-12,15,22H,4,9,13-14H2,1-3H3,(H,28,29)(H,31,32)/t15?,22-/m0/s1. The Morgan fingerprint density at radius 2 is 2.06 bits per heavy atom. The second-order valence-electron chi connectivity index (χ2n) is 9.65. The van der Waals surface area contributed by atoms with Crippen molar-refractivity contribution in [2.24, 2.45) is 0 Å². The van der Waals surface area contributed by atoms with E-state index in [1.54, 1.807) is 25.4 Å². The molecule has 2 N–H and O–H groups in total. The van der Waals surface area contributed by atoms with Crippen LogP contribution in [0.5, 0.6) is 0 Å². The molecule has 0 spiro atoms. The number of nitrogens with zero attached hydrogens (tertiary/aromatic N) is 2. The van der Waals surface area contributed by atoms with Gasteiger partial charge in [-0.3, -0.25) is 5.10 Å². The van der Waals surface area contributed by atoms with E-state index in [1.807, 2.05) is 0 Å². The van der Waals surface area contributed by atoms with Gasteiger partial charge in [-0.25, -0.2) is 9.18 Å². The van der Waals surface area contributed by atoms with E-state index < -0.39 is 17.5 Å². The predicted molar refractivity (Wildman–Crippen MR) is 127 cm³/mol. The third-order valence-electron chi connectivity index (χ3n) is 6.76. The molecule has 0 radical (unpaired) electrons. The molecule has 5 rings (SSSR count). The number of fused-ring (bicyclic) bond motifs is 2. The number of hydrogen-bond donors (Lipinski definition) is 2. The number of aliphatic carboxylic acids is 1. The van der Waals surface area contributed by atoms with Gasteiger partial charge in [0.2, 0.25) is 0 Å². The highest BCUT2D eigenvalue weighted by Crippen LogP contribution is 2.44. The Kier molecular flexibility index (Phi) is 5.65. The fourth-order valence-corrected chi connectivity index (χ4v) is 5.29. The van der Waals surface area contributed by atoms with Crippen molar-refractivity contribution >= 4 is 27.8 Å². The summed E-state index contributed by atoms with van der Waals surface area (Å²) in [6, 6.07) is 10.7. The molecule has 178 valence electrons. The molecule has 8 heteroatoms. The molecule has 1 fully saturated rings. The highest BCUT2D eigenvalue weighted by atomic mass is 19.1. The molecule has 0 bridgehead atoms. The summed E-state index contributed by atoms with van der Waals surface area (Å²) in [6.07, 6.45) is 2.14. The number of nitrogens with one attached hydrogen (secondary N) is 1. The van der Waals surface area contributed by atoms with Crippen molar-refractivity contribution in [1.29, 1.82) is 0 Å². The number of halogens is 1. The van der Waals surface area contributed by atoms with Crippen LogP contribution in [0.1, 0.15) is 43.9 Å². The second-order valence-corrected chi connectivity index (χ2v) is 9.65. The normalized spacial score (nSPS) is 19.2. The molecule has 0 amide bonds. The number of benzene rings is 2. The van der Waals surface area contributed by atoms with Crippen molar-refractivity contribution in [3.63, 3.8) is 0 Å². The van der Waals surface area contributed by atoms with Gasteiger partial charge in [0.15, 0.2) is 6.10 Å². The molecular weight excluding hydrogens is 437 g/mol. The molecule has 1 aliphatic rings. The van der Waals surface area contributed by atoms with Crippen LogP contribution in [0.4, 0.5) is 4.39 Å². The Balaban J connectivity index is 1.81. The van der Waals surface area contributed by atoms with Crippen LogP contribution in [0.15, 0.2) is 42.6 Å². The van der Waals surface area contributed by atoms with E-state index in [0.717, 1.165) is 38.8 Å². The molecule has 4 aromatic rings. The number of carboxylic acid groups (broad SMARTS) is 1. The van der Waals surface area contributed by atoms with E-state index >= 15 is 0 Å². The van der Waals surface area contributed by atoms with Crippen molar-refractivity contribution in [2.75, 3.05) is 20.3 Å². The SMILES string of the molecule is COCC(C)(C)c1c(C2CC[C@@H](C(=O)O)OC2)c2cc3[nH]ncc3cc2n1-c1ccc(F)cc1. The summed E-state index contributed by atoms with van der Waals surface area (Å²) < 4.78 is 27.4. The first-order chi connectivity index (χ1) is 16.3. The maximum Gasteiger partial charge on any atom is 0.332 e. The van der Waals surface area contributed by atoms with Crippen LogP contribution in [0.2, 0.25) is 0 Å². The van der Waals surface area contributed by atoms with Crippen LogP contribution in [0, 0.1) is 5.82 Å². The van der Waals surface area contributed by atoms with Gasteiger partial charge in [-0.15, -0.1) is 0 Å². The summed E-state index contributed by atoms with van der Waals surface area (Å²) in [4.78, 5) is 11.5. The van der Waals surface area contributed by atoms with Crippen molar-refractivity contribution in [2.45, 2.75) is 44.1 Å². The maximum atomic E-state index is 13.8. The van der Waals surface area contributed by atoms with Gasteiger partial charge in [0.25, 0.3) is 0 Å². The first kappa shape index (κ1) is 22.6. The summed E-state index contributed by atoms with van der Waals surface area (Å²) in [5.74, 6) is -1.21. The van der Waals surface area contributed by atoms with Gasteiger partial charge in [0, 0.05) is 40.6 Å². The average molecular weight is 466 g/mol. The molecule has 0 aliphatic carbocycles. The fourth-order valence-electron chi connectivity index (χ4n) is 5.29. The van der Waals surface area contributed by atoms with Crippen LogP contribution in [-0.2, 0) is 19.7 Å². The van der Waals surface area contributed by atoms with Crippen LogP contribution >= 0.6 is 0 Å². The zero-order valence-corrected chi connectivity index (χ0v) is 19.5. The van der Waals surface area contributed by atoms with Crippen molar-refractivity contribution in [3.8, 4) is 5.69 Å². The van der Waals surface area contributed by atoms with Crippen LogP contribution in [-0.4, -0.2) is 52.3 Å². The summed E-state index contributed by atoms with van der Waals surface area (Å²) in [6.45, 7) is 5.05. The third kappa shape index (κ3) is 3.76. The van der Waals surface area contributed by atoms with E-state index in [4.69, 9.17) is 9.47 Å². The van der Waals surface area contributed by atoms with Gasteiger partial charge in [0.1, 0.15) is 5.82 Å². The first-order valence-corrected chi connectivity index (χ1v) is 11.4. The monoisotopic (exact) mass is 465 g/mol. The lowest BCUT2D eigenvalue weighted by molar-refractivity contribution is -0.153. The van der Waals surface area contributed by atoms with Crippen molar-refractivity contribution in [1.82, 2.24) is 14.8 Å². The zero-order chi connectivity index (χ0) is 24.0.